The predicted molar refractivity (Wildman–Crippen MR) is 118 cm³/mol. The van der Waals surface area contributed by atoms with E-state index in [1.54, 1.807) is 6.07 Å². The molecule has 1 aliphatic heterocycles. The maximum absolute atomic E-state index is 13.1. The molecular weight excluding hydrogens is 458 g/mol. The minimum Gasteiger partial charge on any atom is -0.495 e. The van der Waals surface area contributed by atoms with Crippen molar-refractivity contribution >= 4 is 31.6 Å². The number of nitrogens with one attached hydrogen (secondary N) is 1. The molecule has 0 atom stereocenters. The van der Waals surface area contributed by atoms with Gasteiger partial charge in [0, 0.05) is 38.4 Å². The fraction of sp³-hybridized carbons (Fsp3) is 0.350. The molecule has 0 radical (unpaired) electrons. The Morgan fingerprint density at radius 3 is 2.38 bits per heavy atom. The van der Waals surface area contributed by atoms with Crippen LogP contribution < -0.4 is 10.1 Å². The highest BCUT2D eigenvalue weighted by atomic mass is 32.2. The standard InChI is InChI=1S/C20H25N3O7S2/c1-22(2)31(25,26)17-6-4-5-16(14-17)21-20(24)15-7-8-18(29-3)19(13-15)32(27,28)23-9-11-30-12-10-23/h4-8,13-14H,9-12H2,1-3H3,(H,21,24). The number of rotatable bonds is 7. The molecule has 0 saturated carbocycles. The fourth-order valence-corrected chi connectivity index (χ4v) is 5.63. The van der Waals surface area contributed by atoms with E-state index in [9.17, 15) is 21.6 Å². The molecule has 3 rings (SSSR count). The molecule has 1 saturated heterocycles. The lowest BCUT2D eigenvalue weighted by atomic mass is 10.2. The van der Waals surface area contributed by atoms with E-state index in [0.29, 0.717) is 0 Å². The first-order valence-corrected chi connectivity index (χ1v) is 12.6. The Labute approximate surface area is 187 Å². The molecule has 1 fully saturated rings. The summed E-state index contributed by atoms with van der Waals surface area (Å²) in [7, 11) is -3.41. The number of nitrogens with zero attached hydrogens (tertiary/aromatic N) is 2. The van der Waals surface area contributed by atoms with Crippen molar-refractivity contribution < 1.29 is 31.1 Å². The summed E-state index contributed by atoms with van der Waals surface area (Å²) < 4.78 is 63.7. The lowest BCUT2D eigenvalue weighted by Crippen LogP contribution is -2.40. The normalized spacial score (nSPS) is 15.5. The second-order valence-corrected chi connectivity index (χ2v) is 11.2. The molecule has 12 heteroatoms. The van der Waals surface area contributed by atoms with Crippen molar-refractivity contribution in [2.24, 2.45) is 0 Å². The van der Waals surface area contributed by atoms with Gasteiger partial charge < -0.3 is 14.8 Å². The van der Waals surface area contributed by atoms with Crippen LogP contribution in [0.4, 0.5) is 5.69 Å². The number of carbonyl (C=O) groups is 1. The summed E-state index contributed by atoms with van der Waals surface area (Å²) >= 11 is 0. The van der Waals surface area contributed by atoms with Crippen molar-refractivity contribution in [1.82, 2.24) is 8.61 Å². The summed E-state index contributed by atoms with van der Waals surface area (Å²) in [5.41, 5.74) is 0.338. The van der Waals surface area contributed by atoms with Gasteiger partial charge in [-0.05, 0) is 36.4 Å². The Morgan fingerprint density at radius 1 is 1.06 bits per heavy atom. The molecule has 2 aromatic rings. The average Bonchev–Trinajstić information content (AvgIpc) is 2.79. The van der Waals surface area contributed by atoms with Crippen molar-refractivity contribution in [3.05, 3.63) is 48.0 Å². The lowest BCUT2D eigenvalue weighted by molar-refractivity contribution is 0.0729. The van der Waals surface area contributed by atoms with Crippen LogP contribution in [0.1, 0.15) is 10.4 Å². The largest absolute Gasteiger partial charge is 0.495 e. The quantitative estimate of drug-likeness (QED) is 0.628. The number of hydrogen-bond donors (Lipinski definition) is 1. The predicted octanol–water partition coefficient (Wildman–Crippen LogP) is 1.22. The Bertz CT molecular complexity index is 1210. The number of benzene rings is 2. The number of sulfonamides is 2. The van der Waals surface area contributed by atoms with Crippen LogP contribution in [0.2, 0.25) is 0 Å². The first-order valence-electron chi connectivity index (χ1n) is 9.67. The Balaban J connectivity index is 1.91. The number of amides is 1. The first kappa shape index (κ1) is 24.1. The summed E-state index contributed by atoms with van der Waals surface area (Å²) in [6.07, 6.45) is 0. The Morgan fingerprint density at radius 2 is 1.75 bits per heavy atom. The van der Waals surface area contributed by atoms with Gasteiger partial charge >= 0.3 is 0 Å². The van der Waals surface area contributed by atoms with Gasteiger partial charge in [0.15, 0.2) is 0 Å². The highest BCUT2D eigenvalue weighted by Crippen LogP contribution is 2.29. The fourth-order valence-electron chi connectivity index (χ4n) is 3.09. The number of hydrogen-bond acceptors (Lipinski definition) is 7. The number of ether oxygens (including phenoxy) is 2. The van der Waals surface area contributed by atoms with E-state index in [0.717, 1.165) is 4.31 Å². The minimum absolute atomic E-state index is 0.0191. The molecular formula is C20H25N3O7S2. The third-order valence-corrected chi connectivity index (χ3v) is 8.62. The molecule has 174 valence electrons. The number of carbonyl (C=O) groups excluding carboxylic acids is 1. The monoisotopic (exact) mass is 483 g/mol. The SMILES string of the molecule is COc1ccc(C(=O)Nc2cccc(S(=O)(=O)N(C)C)c2)cc1S(=O)(=O)N1CCOCC1. The maximum atomic E-state index is 13.1. The first-order chi connectivity index (χ1) is 15.1. The van der Waals surface area contributed by atoms with Gasteiger partial charge in [0.05, 0.1) is 25.2 Å². The van der Waals surface area contributed by atoms with Crippen LogP contribution in [0.25, 0.3) is 0 Å². The summed E-state index contributed by atoms with van der Waals surface area (Å²) in [5.74, 6) is -0.474. The third-order valence-electron chi connectivity index (χ3n) is 4.88. The minimum atomic E-state index is -3.91. The van der Waals surface area contributed by atoms with Crippen LogP contribution in [-0.4, -0.2) is 78.9 Å². The molecule has 0 unspecified atom stereocenters. The van der Waals surface area contributed by atoms with Crippen molar-refractivity contribution in [3.8, 4) is 5.75 Å². The summed E-state index contributed by atoms with van der Waals surface area (Å²) in [5, 5.41) is 2.61. The highest BCUT2D eigenvalue weighted by molar-refractivity contribution is 7.89. The zero-order valence-electron chi connectivity index (χ0n) is 17.9. The number of anilines is 1. The van der Waals surface area contributed by atoms with Crippen molar-refractivity contribution in [1.29, 1.82) is 0 Å². The van der Waals surface area contributed by atoms with E-state index in [1.807, 2.05) is 0 Å². The van der Waals surface area contributed by atoms with Gasteiger partial charge in [-0.15, -0.1) is 0 Å². The lowest BCUT2D eigenvalue weighted by Gasteiger charge is -2.26. The second-order valence-electron chi connectivity index (χ2n) is 7.15. The molecule has 2 aromatic carbocycles. The molecule has 32 heavy (non-hydrogen) atoms. The molecule has 1 aliphatic rings. The van der Waals surface area contributed by atoms with Crippen LogP contribution in [0, 0.1) is 0 Å². The van der Waals surface area contributed by atoms with Crippen LogP contribution >= 0.6 is 0 Å². The maximum Gasteiger partial charge on any atom is 0.255 e. The summed E-state index contributed by atoms with van der Waals surface area (Å²) in [4.78, 5) is 12.7. The number of morpholine rings is 1. The molecule has 0 spiro atoms. The van der Waals surface area contributed by atoms with E-state index in [-0.39, 0.29) is 53.1 Å². The second kappa shape index (κ2) is 9.55. The Hall–Kier alpha value is -2.51. The van der Waals surface area contributed by atoms with Gasteiger partial charge in [-0.1, -0.05) is 6.07 Å². The van der Waals surface area contributed by atoms with Crippen LogP contribution in [-0.2, 0) is 24.8 Å². The van der Waals surface area contributed by atoms with Crippen LogP contribution in [0.15, 0.2) is 52.3 Å². The van der Waals surface area contributed by atoms with Crippen molar-refractivity contribution in [3.63, 3.8) is 0 Å². The molecule has 0 aliphatic carbocycles. The third kappa shape index (κ3) is 4.94. The molecule has 10 nitrogen and oxygen atoms in total. The van der Waals surface area contributed by atoms with E-state index in [1.165, 1.54) is 61.9 Å². The van der Waals surface area contributed by atoms with E-state index >= 15 is 0 Å². The Kier molecular flexibility index (Phi) is 7.20. The zero-order valence-corrected chi connectivity index (χ0v) is 19.6. The average molecular weight is 484 g/mol. The topological polar surface area (TPSA) is 122 Å². The van der Waals surface area contributed by atoms with E-state index in [4.69, 9.17) is 9.47 Å². The van der Waals surface area contributed by atoms with Crippen molar-refractivity contribution in [2.45, 2.75) is 9.79 Å². The van der Waals surface area contributed by atoms with Crippen molar-refractivity contribution in [2.75, 3.05) is 52.8 Å². The van der Waals surface area contributed by atoms with E-state index in [2.05, 4.69) is 5.32 Å². The number of methoxy groups -OCH3 is 1. The molecule has 1 N–H and O–H groups in total. The molecule has 1 amide bonds. The molecule has 0 bridgehead atoms. The zero-order chi connectivity index (χ0) is 23.5. The van der Waals surface area contributed by atoms with Gasteiger partial charge in [0.1, 0.15) is 10.6 Å². The summed E-state index contributed by atoms with van der Waals surface area (Å²) in [6.45, 7) is 0.978. The van der Waals surface area contributed by atoms with E-state index < -0.39 is 26.0 Å². The highest BCUT2D eigenvalue weighted by Gasteiger charge is 2.30. The van der Waals surface area contributed by atoms with Gasteiger partial charge in [0.2, 0.25) is 20.0 Å². The van der Waals surface area contributed by atoms with Crippen LogP contribution in [0.5, 0.6) is 5.75 Å². The molecule has 0 aromatic heterocycles. The van der Waals surface area contributed by atoms with Gasteiger partial charge in [-0.2, -0.15) is 4.31 Å². The van der Waals surface area contributed by atoms with Crippen LogP contribution in [0.3, 0.4) is 0 Å². The smallest absolute Gasteiger partial charge is 0.255 e. The van der Waals surface area contributed by atoms with Gasteiger partial charge in [-0.25, -0.2) is 21.1 Å². The van der Waals surface area contributed by atoms with Gasteiger partial charge in [-0.3, -0.25) is 4.79 Å². The molecule has 1 heterocycles. The summed E-state index contributed by atoms with van der Waals surface area (Å²) in [6, 6.07) is 9.91. The van der Waals surface area contributed by atoms with Gasteiger partial charge in [0.25, 0.3) is 5.91 Å².